The Bertz CT molecular complexity index is 675. The minimum atomic E-state index is -0.159. The summed E-state index contributed by atoms with van der Waals surface area (Å²) in [5.41, 5.74) is 6.76. The molecule has 1 aromatic heterocycles. The van der Waals surface area contributed by atoms with Crippen molar-refractivity contribution in [2.24, 2.45) is 0 Å². The SMILES string of the molecule is Nc1ccc2nc(NCCN3CCCCC3)[nH]c(=O)c2c1. The number of hydrogen-bond acceptors (Lipinski definition) is 5. The van der Waals surface area contributed by atoms with Crippen LogP contribution in [0.2, 0.25) is 0 Å². The Kier molecular flexibility index (Phi) is 4.06. The fraction of sp³-hybridized carbons (Fsp3) is 0.467. The molecule has 6 heteroatoms. The lowest BCUT2D eigenvalue weighted by Crippen LogP contribution is -2.34. The van der Waals surface area contributed by atoms with E-state index in [1.807, 2.05) is 0 Å². The van der Waals surface area contributed by atoms with Gasteiger partial charge in [0.1, 0.15) is 0 Å². The van der Waals surface area contributed by atoms with Crippen molar-refractivity contribution < 1.29 is 0 Å². The van der Waals surface area contributed by atoms with E-state index in [2.05, 4.69) is 20.2 Å². The predicted molar refractivity (Wildman–Crippen MR) is 85.6 cm³/mol. The van der Waals surface area contributed by atoms with E-state index in [1.54, 1.807) is 18.2 Å². The quantitative estimate of drug-likeness (QED) is 0.740. The molecule has 0 saturated carbocycles. The maximum atomic E-state index is 12.0. The van der Waals surface area contributed by atoms with Crippen LogP contribution in [0.25, 0.3) is 10.9 Å². The highest BCUT2D eigenvalue weighted by Gasteiger charge is 2.09. The molecule has 4 N–H and O–H groups in total. The summed E-state index contributed by atoms with van der Waals surface area (Å²) in [4.78, 5) is 21.6. The number of benzene rings is 1. The van der Waals surface area contributed by atoms with Crippen molar-refractivity contribution >= 4 is 22.5 Å². The van der Waals surface area contributed by atoms with Crippen molar-refractivity contribution in [2.45, 2.75) is 19.3 Å². The van der Waals surface area contributed by atoms with Crippen LogP contribution < -0.4 is 16.6 Å². The van der Waals surface area contributed by atoms with E-state index in [1.165, 1.54) is 32.4 Å². The summed E-state index contributed by atoms with van der Waals surface area (Å²) in [7, 11) is 0. The summed E-state index contributed by atoms with van der Waals surface area (Å²) in [5, 5.41) is 3.72. The van der Waals surface area contributed by atoms with E-state index >= 15 is 0 Å². The zero-order chi connectivity index (χ0) is 14.7. The van der Waals surface area contributed by atoms with Crippen LogP contribution in [0, 0.1) is 0 Å². The Morgan fingerprint density at radius 3 is 2.90 bits per heavy atom. The number of fused-ring (bicyclic) bond motifs is 1. The summed E-state index contributed by atoms with van der Waals surface area (Å²) < 4.78 is 0. The fourth-order valence-corrected chi connectivity index (χ4v) is 2.76. The molecular formula is C15H21N5O. The van der Waals surface area contributed by atoms with Crippen molar-refractivity contribution in [1.82, 2.24) is 14.9 Å². The van der Waals surface area contributed by atoms with E-state index in [-0.39, 0.29) is 5.56 Å². The molecule has 21 heavy (non-hydrogen) atoms. The van der Waals surface area contributed by atoms with Gasteiger partial charge in [-0.25, -0.2) is 4.98 Å². The zero-order valence-corrected chi connectivity index (χ0v) is 12.1. The maximum absolute atomic E-state index is 12.0. The highest BCUT2D eigenvalue weighted by Crippen LogP contribution is 2.13. The lowest BCUT2D eigenvalue weighted by molar-refractivity contribution is 0.237. The average Bonchev–Trinajstić information content (AvgIpc) is 2.49. The largest absolute Gasteiger partial charge is 0.399 e. The second kappa shape index (κ2) is 6.13. The number of H-pyrrole nitrogens is 1. The van der Waals surface area contributed by atoms with Gasteiger partial charge in [-0.3, -0.25) is 9.78 Å². The third-order valence-corrected chi connectivity index (χ3v) is 3.90. The normalized spacial score (nSPS) is 16.2. The molecule has 0 bridgehead atoms. The molecule has 6 nitrogen and oxygen atoms in total. The Hall–Kier alpha value is -2.08. The van der Waals surface area contributed by atoms with E-state index in [4.69, 9.17) is 5.73 Å². The summed E-state index contributed by atoms with van der Waals surface area (Å²) in [5.74, 6) is 0.522. The molecule has 0 amide bonds. The smallest absolute Gasteiger partial charge is 0.260 e. The van der Waals surface area contributed by atoms with Crippen LogP contribution in [0.3, 0.4) is 0 Å². The standard InChI is InChI=1S/C15H21N5O/c16-11-4-5-13-12(10-11)14(21)19-15(18-13)17-6-9-20-7-2-1-3-8-20/h4-5,10H,1-3,6-9,16H2,(H2,17,18,19,21). The molecule has 1 saturated heterocycles. The fourth-order valence-electron chi connectivity index (χ4n) is 2.76. The molecule has 1 aliphatic heterocycles. The molecule has 0 radical (unpaired) electrons. The van der Waals surface area contributed by atoms with Gasteiger partial charge in [0.25, 0.3) is 5.56 Å². The zero-order valence-electron chi connectivity index (χ0n) is 12.1. The number of nitrogens with zero attached hydrogens (tertiary/aromatic N) is 2. The van der Waals surface area contributed by atoms with Crippen LogP contribution in [0.5, 0.6) is 0 Å². The van der Waals surface area contributed by atoms with Crippen LogP contribution in [0.4, 0.5) is 11.6 Å². The van der Waals surface area contributed by atoms with Gasteiger partial charge in [0.15, 0.2) is 0 Å². The number of piperidine rings is 1. The van der Waals surface area contributed by atoms with Crippen LogP contribution >= 0.6 is 0 Å². The second-order valence-corrected chi connectivity index (χ2v) is 5.52. The van der Waals surface area contributed by atoms with E-state index in [0.717, 1.165) is 13.1 Å². The molecular weight excluding hydrogens is 266 g/mol. The minimum absolute atomic E-state index is 0.159. The first kappa shape index (κ1) is 13.9. The van der Waals surface area contributed by atoms with Gasteiger partial charge in [-0.15, -0.1) is 0 Å². The number of aromatic amines is 1. The maximum Gasteiger partial charge on any atom is 0.260 e. The summed E-state index contributed by atoms with van der Waals surface area (Å²) in [6.45, 7) is 4.10. The van der Waals surface area contributed by atoms with Gasteiger partial charge in [0.05, 0.1) is 10.9 Å². The molecule has 2 heterocycles. The Morgan fingerprint density at radius 2 is 2.10 bits per heavy atom. The number of rotatable bonds is 4. The van der Waals surface area contributed by atoms with Crippen LogP contribution in [-0.4, -0.2) is 41.0 Å². The van der Waals surface area contributed by atoms with Gasteiger partial charge in [-0.05, 0) is 44.1 Å². The van der Waals surface area contributed by atoms with E-state index < -0.39 is 0 Å². The summed E-state index contributed by atoms with van der Waals surface area (Å²) >= 11 is 0. The number of hydrogen-bond donors (Lipinski definition) is 3. The van der Waals surface area contributed by atoms with Crippen LogP contribution in [0.1, 0.15) is 19.3 Å². The van der Waals surface area contributed by atoms with Gasteiger partial charge in [-0.2, -0.15) is 0 Å². The first-order valence-corrected chi connectivity index (χ1v) is 7.48. The second-order valence-electron chi connectivity index (χ2n) is 5.52. The first-order chi connectivity index (χ1) is 10.2. The topological polar surface area (TPSA) is 87.0 Å². The number of nitrogen functional groups attached to an aromatic ring is 1. The minimum Gasteiger partial charge on any atom is -0.399 e. The monoisotopic (exact) mass is 287 g/mol. The molecule has 0 spiro atoms. The Balaban J connectivity index is 1.67. The van der Waals surface area contributed by atoms with Crippen LogP contribution in [-0.2, 0) is 0 Å². The lowest BCUT2D eigenvalue weighted by Gasteiger charge is -2.26. The molecule has 0 atom stereocenters. The summed E-state index contributed by atoms with van der Waals surface area (Å²) in [6.07, 6.45) is 3.91. The third kappa shape index (κ3) is 3.33. The predicted octanol–water partition coefficient (Wildman–Crippen LogP) is 1.40. The van der Waals surface area contributed by atoms with Gasteiger partial charge >= 0.3 is 0 Å². The molecule has 0 aliphatic carbocycles. The molecule has 2 aromatic rings. The first-order valence-electron chi connectivity index (χ1n) is 7.48. The number of likely N-dealkylation sites (tertiary alicyclic amines) is 1. The van der Waals surface area contributed by atoms with Gasteiger partial charge in [-0.1, -0.05) is 6.42 Å². The van der Waals surface area contributed by atoms with Crippen molar-refractivity contribution in [1.29, 1.82) is 0 Å². The molecule has 1 fully saturated rings. The molecule has 0 unspecified atom stereocenters. The van der Waals surface area contributed by atoms with E-state index in [9.17, 15) is 4.79 Å². The number of anilines is 2. The molecule has 1 aromatic carbocycles. The number of nitrogens with one attached hydrogen (secondary N) is 2. The third-order valence-electron chi connectivity index (χ3n) is 3.90. The molecule has 3 rings (SSSR count). The van der Waals surface area contributed by atoms with Crippen LogP contribution in [0.15, 0.2) is 23.0 Å². The number of nitrogens with two attached hydrogens (primary N) is 1. The average molecular weight is 287 g/mol. The lowest BCUT2D eigenvalue weighted by atomic mass is 10.1. The van der Waals surface area contributed by atoms with Crippen molar-refractivity contribution in [3.05, 3.63) is 28.6 Å². The van der Waals surface area contributed by atoms with Gasteiger partial charge in [0, 0.05) is 18.8 Å². The summed E-state index contributed by atoms with van der Waals surface area (Å²) in [6, 6.07) is 5.18. The van der Waals surface area contributed by atoms with E-state index in [0.29, 0.717) is 22.5 Å². The van der Waals surface area contributed by atoms with Gasteiger partial charge < -0.3 is 16.0 Å². The highest BCUT2D eigenvalue weighted by atomic mass is 16.1. The Labute approximate surface area is 123 Å². The molecule has 112 valence electrons. The van der Waals surface area contributed by atoms with Gasteiger partial charge in [0.2, 0.25) is 5.95 Å². The number of aromatic nitrogens is 2. The van der Waals surface area contributed by atoms with Crippen molar-refractivity contribution in [3.63, 3.8) is 0 Å². The Morgan fingerprint density at radius 1 is 1.29 bits per heavy atom. The van der Waals surface area contributed by atoms with Crippen molar-refractivity contribution in [2.75, 3.05) is 37.2 Å². The van der Waals surface area contributed by atoms with Crippen molar-refractivity contribution in [3.8, 4) is 0 Å². The molecule has 1 aliphatic rings. The highest BCUT2D eigenvalue weighted by molar-refractivity contribution is 5.81.